The molecule has 0 aliphatic rings. The molecule has 0 radical (unpaired) electrons. The Labute approximate surface area is 74.3 Å². The normalized spacial score (nSPS) is 12.5. The number of amides is 1. The van der Waals surface area contributed by atoms with Crippen LogP contribution in [0.25, 0.3) is 0 Å². The number of carbonyl (C=O) groups excluding carboxylic acids is 1. The minimum Gasteiger partial charge on any atom is -0.450 e. The molecule has 0 aromatic heterocycles. The van der Waals surface area contributed by atoms with E-state index in [1.165, 1.54) is 6.92 Å². The summed E-state index contributed by atoms with van der Waals surface area (Å²) in [4.78, 5) is 10.7. The fraction of sp³-hybridized carbons (Fsp3) is 0.857. The first-order chi connectivity index (χ1) is 5.70. The summed E-state index contributed by atoms with van der Waals surface area (Å²) in [5.41, 5.74) is -2.26. The maximum Gasteiger partial charge on any atom is 0.411 e. The molecule has 0 unspecified atom stereocenters. The predicted octanol–water partition coefficient (Wildman–Crippen LogP) is 2.07. The Morgan fingerprint density at radius 1 is 1.38 bits per heavy atom. The highest BCUT2D eigenvalue weighted by molar-refractivity contribution is 5.68. The number of ether oxygens (including phenoxy) is 1. The summed E-state index contributed by atoms with van der Waals surface area (Å²) in [6, 6.07) is 0. The molecule has 0 aliphatic heterocycles. The van der Waals surface area contributed by atoms with E-state index in [1.54, 1.807) is 5.32 Å². The van der Waals surface area contributed by atoms with Crippen molar-refractivity contribution in [2.45, 2.75) is 32.5 Å². The summed E-state index contributed by atoms with van der Waals surface area (Å²) in [6.07, 6.45) is -5.55. The lowest BCUT2D eigenvalue weighted by Gasteiger charge is -2.28. The van der Waals surface area contributed by atoms with E-state index in [0.29, 0.717) is 0 Å². The van der Waals surface area contributed by atoms with Crippen molar-refractivity contribution in [1.82, 2.24) is 5.32 Å². The molecule has 1 amide bonds. The summed E-state index contributed by atoms with van der Waals surface area (Å²) < 4.78 is 40.8. The lowest BCUT2D eigenvalue weighted by molar-refractivity contribution is -0.183. The number of hydrogen-bond acceptors (Lipinski definition) is 2. The minimum absolute atomic E-state index is 0.0414. The summed E-state index contributed by atoms with van der Waals surface area (Å²) in [5, 5.41) is 1.71. The average molecular weight is 199 g/mol. The third kappa shape index (κ3) is 3.52. The Morgan fingerprint density at radius 3 is 2.15 bits per heavy atom. The van der Waals surface area contributed by atoms with Crippen LogP contribution in [0.2, 0.25) is 0 Å². The highest BCUT2D eigenvalue weighted by Crippen LogP contribution is 2.29. The average Bonchev–Trinajstić information content (AvgIpc) is 1.83. The van der Waals surface area contributed by atoms with Crippen molar-refractivity contribution in [3.63, 3.8) is 0 Å². The van der Waals surface area contributed by atoms with Gasteiger partial charge >= 0.3 is 12.3 Å². The number of carbonyl (C=O) groups is 1. The molecule has 0 bridgehead atoms. The summed E-state index contributed by atoms with van der Waals surface area (Å²) in [6.45, 7) is 3.29. The van der Waals surface area contributed by atoms with Crippen LogP contribution in [0.1, 0.15) is 20.8 Å². The monoisotopic (exact) mass is 199 g/mol. The number of alkyl carbamates (subject to hydrolysis) is 1. The molecule has 0 saturated carbocycles. The summed E-state index contributed by atoms with van der Waals surface area (Å²) in [5.74, 6) is 0. The zero-order chi connectivity index (χ0) is 10.7. The van der Waals surface area contributed by atoms with Gasteiger partial charge in [0, 0.05) is 0 Å². The second-order valence-corrected chi connectivity index (χ2v) is 2.97. The molecule has 6 heteroatoms. The van der Waals surface area contributed by atoms with Gasteiger partial charge in [0.25, 0.3) is 0 Å². The van der Waals surface area contributed by atoms with Gasteiger partial charge in [-0.2, -0.15) is 13.2 Å². The van der Waals surface area contributed by atoms with E-state index < -0.39 is 17.8 Å². The highest BCUT2D eigenvalue weighted by atomic mass is 19.4. The lowest BCUT2D eigenvalue weighted by Crippen LogP contribution is -2.54. The van der Waals surface area contributed by atoms with Crippen LogP contribution in [0.4, 0.5) is 18.0 Å². The van der Waals surface area contributed by atoms with Gasteiger partial charge in [-0.3, -0.25) is 0 Å². The Morgan fingerprint density at radius 2 is 1.85 bits per heavy atom. The Hall–Kier alpha value is -0.940. The van der Waals surface area contributed by atoms with Crippen molar-refractivity contribution < 1.29 is 22.7 Å². The van der Waals surface area contributed by atoms with Gasteiger partial charge in [-0.1, -0.05) is 0 Å². The third-order valence-electron chi connectivity index (χ3n) is 1.40. The lowest BCUT2D eigenvalue weighted by atomic mass is 10.1. The van der Waals surface area contributed by atoms with Gasteiger partial charge in [0.1, 0.15) is 5.54 Å². The van der Waals surface area contributed by atoms with Gasteiger partial charge in [-0.25, -0.2) is 4.79 Å². The molecular weight excluding hydrogens is 187 g/mol. The molecule has 0 saturated heterocycles. The maximum atomic E-state index is 12.2. The minimum atomic E-state index is -4.49. The fourth-order valence-electron chi connectivity index (χ4n) is 0.493. The molecule has 0 atom stereocenters. The van der Waals surface area contributed by atoms with Gasteiger partial charge < -0.3 is 10.1 Å². The molecule has 0 aliphatic carbocycles. The molecule has 0 fully saturated rings. The standard InChI is InChI=1S/C7H12F3NO2/c1-4-13-5(12)11-6(2,3)7(8,9)10/h4H2,1-3H3,(H,11,12). The first kappa shape index (κ1) is 12.1. The van der Waals surface area contributed by atoms with Gasteiger partial charge in [0.15, 0.2) is 0 Å². The molecule has 13 heavy (non-hydrogen) atoms. The van der Waals surface area contributed by atoms with Crippen molar-refractivity contribution in [3.8, 4) is 0 Å². The molecular formula is C7H12F3NO2. The van der Waals surface area contributed by atoms with E-state index in [9.17, 15) is 18.0 Å². The number of rotatable bonds is 2. The van der Waals surface area contributed by atoms with Crippen molar-refractivity contribution in [2.75, 3.05) is 6.61 Å². The maximum absolute atomic E-state index is 12.2. The molecule has 0 aromatic rings. The van der Waals surface area contributed by atoms with Gasteiger partial charge in [0.05, 0.1) is 6.61 Å². The van der Waals surface area contributed by atoms with Crippen LogP contribution in [0, 0.1) is 0 Å². The molecule has 0 rings (SSSR count). The SMILES string of the molecule is CCOC(=O)NC(C)(C)C(F)(F)F. The van der Waals surface area contributed by atoms with E-state index in [-0.39, 0.29) is 6.61 Å². The van der Waals surface area contributed by atoms with Gasteiger partial charge in [-0.15, -0.1) is 0 Å². The second kappa shape index (κ2) is 3.85. The Kier molecular flexibility index (Phi) is 3.57. The Balaban J connectivity index is 4.26. The highest BCUT2D eigenvalue weighted by Gasteiger charge is 2.48. The number of hydrogen-bond donors (Lipinski definition) is 1. The van der Waals surface area contributed by atoms with E-state index in [1.807, 2.05) is 0 Å². The molecule has 0 spiro atoms. The molecule has 0 aromatic carbocycles. The first-order valence-electron chi connectivity index (χ1n) is 3.72. The zero-order valence-corrected chi connectivity index (χ0v) is 7.66. The van der Waals surface area contributed by atoms with Crippen LogP contribution in [0.5, 0.6) is 0 Å². The molecule has 1 N–H and O–H groups in total. The zero-order valence-electron chi connectivity index (χ0n) is 7.66. The second-order valence-electron chi connectivity index (χ2n) is 2.97. The van der Waals surface area contributed by atoms with E-state index >= 15 is 0 Å². The van der Waals surface area contributed by atoms with Gasteiger partial charge in [0.2, 0.25) is 0 Å². The van der Waals surface area contributed by atoms with Crippen molar-refractivity contribution in [3.05, 3.63) is 0 Å². The quantitative estimate of drug-likeness (QED) is 0.739. The third-order valence-corrected chi connectivity index (χ3v) is 1.40. The van der Waals surface area contributed by atoms with Crippen molar-refractivity contribution in [1.29, 1.82) is 0 Å². The van der Waals surface area contributed by atoms with Crippen LogP contribution < -0.4 is 5.32 Å². The van der Waals surface area contributed by atoms with Crippen LogP contribution in [-0.4, -0.2) is 24.4 Å². The molecule has 3 nitrogen and oxygen atoms in total. The van der Waals surface area contributed by atoms with Crippen LogP contribution in [0.15, 0.2) is 0 Å². The van der Waals surface area contributed by atoms with Crippen molar-refractivity contribution in [2.24, 2.45) is 0 Å². The smallest absolute Gasteiger partial charge is 0.411 e. The largest absolute Gasteiger partial charge is 0.450 e. The summed E-state index contributed by atoms with van der Waals surface area (Å²) >= 11 is 0. The van der Waals surface area contributed by atoms with Crippen molar-refractivity contribution >= 4 is 6.09 Å². The van der Waals surface area contributed by atoms with E-state index in [2.05, 4.69) is 4.74 Å². The van der Waals surface area contributed by atoms with Crippen LogP contribution >= 0.6 is 0 Å². The first-order valence-corrected chi connectivity index (χ1v) is 3.72. The molecule has 78 valence electrons. The number of nitrogens with one attached hydrogen (secondary N) is 1. The van der Waals surface area contributed by atoms with E-state index in [4.69, 9.17) is 0 Å². The fourth-order valence-corrected chi connectivity index (χ4v) is 0.493. The number of alkyl halides is 3. The van der Waals surface area contributed by atoms with E-state index in [0.717, 1.165) is 13.8 Å². The van der Waals surface area contributed by atoms with Gasteiger partial charge in [-0.05, 0) is 20.8 Å². The Bertz CT molecular complexity index is 189. The van der Waals surface area contributed by atoms with Crippen LogP contribution in [0.3, 0.4) is 0 Å². The number of halogens is 3. The predicted molar refractivity (Wildman–Crippen MR) is 40.3 cm³/mol. The summed E-state index contributed by atoms with van der Waals surface area (Å²) in [7, 11) is 0. The molecule has 0 heterocycles. The van der Waals surface area contributed by atoms with Crippen LogP contribution in [-0.2, 0) is 4.74 Å². The topological polar surface area (TPSA) is 38.3 Å².